The molecule has 4 aromatic rings. The third-order valence-electron chi connectivity index (χ3n) is 5.57. The van der Waals surface area contributed by atoms with Crippen LogP contribution in [0.5, 0.6) is 0 Å². The minimum absolute atomic E-state index is 0.0159. The number of benzene rings is 3. The molecule has 0 bridgehead atoms. The normalized spacial score (nSPS) is 13.9. The van der Waals surface area contributed by atoms with E-state index in [0.717, 1.165) is 13.1 Å². The van der Waals surface area contributed by atoms with Crippen LogP contribution in [0.25, 0.3) is 22.8 Å². The van der Waals surface area contributed by atoms with Crippen molar-refractivity contribution in [3.05, 3.63) is 90.2 Å². The molecule has 7 heteroatoms. The zero-order valence-corrected chi connectivity index (χ0v) is 17.3. The molecular weight excluding hydrogens is 407 g/mol. The monoisotopic (exact) mass is 428 g/mol. The third kappa shape index (κ3) is 4.09. The topological polar surface area (TPSA) is 62.5 Å². The molecule has 160 valence electrons. The maximum absolute atomic E-state index is 13.2. The van der Waals surface area contributed by atoms with E-state index in [1.807, 2.05) is 35.2 Å². The van der Waals surface area contributed by atoms with Gasteiger partial charge in [0.1, 0.15) is 5.82 Å². The first-order valence-electron chi connectivity index (χ1n) is 10.5. The number of piperazine rings is 1. The Kier molecular flexibility index (Phi) is 5.37. The fourth-order valence-corrected chi connectivity index (χ4v) is 3.83. The summed E-state index contributed by atoms with van der Waals surface area (Å²) in [6.07, 6.45) is 0. The van der Waals surface area contributed by atoms with Crippen LogP contribution in [-0.4, -0.2) is 47.1 Å². The van der Waals surface area contributed by atoms with Gasteiger partial charge in [-0.15, -0.1) is 0 Å². The quantitative estimate of drug-likeness (QED) is 0.479. The van der Waals surface area contributed by atoms with Crippen LogP contribution in [0.2, 0.25) is 0 Å². The molecule has 1 aliphatic heterocycles. The number of carbonyl (C=O) groups excluding carboxylic acids is 1. The molecule has 0 N–H and O–H groups in total. The summed E-state index contributed by atoms with van der Waals surface area (Å²) in [6.45, 7) is 2.90. The summed E-state index contributed by atoms with van der Waals surface area (Å²) in [5, 5.41) is 3.98. The lowest BCUT2D eigenvalue weighted by atomic mass is 10.1. The van der Waals surface area contributed by atoms with Gasteiger partial charge >= 0.3 is 0 Å². The van der Waals surface area contributed by atoms with E-state index in [0.29, 0.717) is 41.5 Å². The van der Waals surface area contributed by atoms with Crippen molar-refractivity contribution >= 4 is 11.6 Å². The minimum atomic E-state index is -0.326. The smallest absolute Gasteiger partial charge is 0.258 e. The van der Waals surface area contributed by atoms with Crippen molar-refractivity contribution in [2.24, 2.45) is 0 Å². The lowest BCUT2D eigenvalue weighted by Crippen LogP contribution is -2.48. The van der Waals surface area contributed by atoms with Crippen LogP contribution in [0.4, 0.5) is 10.1 Å². The molecule has 0 atom stereocenters. The van der Waals surface area contributed by atoms with Crippen molar-refractivity contribution in [1.29, 1.82) is 0 Å². The van der Waals surface area contributed by atoms with Gasteiger partial charge in [-0.05, 0) is 54.6 Å². The van der Waals surface area contributed by atoms with Gasteiger partial charge in [-0.2, -0.15) is 4.98 Å². The molecule has 5 rings (SSSR count). The van der Waals surface area contributed by atoms with Crippen LogP contribution in [0.15, 0.2) is 83.4 Å². The second-order valence-corrected chi connectivity index (χ2v) is 7.63. The van der Waals surface area contributed by atoms with Gasteiger partial charge in [0.05, 0.1) is 0 Å². The van der Waals surface area contributed by atoms with Gasteiger partial charge in [-0.25, -0.2) is 4.39 Å². The third-order valence-corrected chi connectivity index (χ3v) is 5.57. The highest BCUT2D eigenvalue weighted by Crippen LogP contribution is 2.24. The number of para-hydroxylation sites is 1. The molecule has 0 radical (unpaired) electrons. The number of amides is 1. The Labute approximate surface area is 184 Å². The van der Waals surface area contributed by atoms with Crippen LogP contribution < -0.4 is 4.90 Å². The zero-order valence-electron chi connectivity index (χ0n) is 17.3. The second kappa shape index (κ2) is 8.63. The van der Waals surface area contributed by atoms with Gasteiger partial charge in [0.25, 0.3) is 11.8 Å². The lowest BCUT2D eigenvalue weighted by molar-refractivity contribution is 0.0747. The molecule has 32 heavy (non-hydrogen) atoms. The molecule has 6 nitrogen and oxygen atoms in total. The van der Waals surface area contributed by atoms with Crippen molar-refractivity contribution in [2.75, 3.05) is 31.1 Å². The van der Waals surface area contributed by atoms with E-state index >= 15 is 0 Å². The predicted octanol–water partition coefficient (Wildman–Crippen LogP) is 4.51. The van der Waals surface area contributed by atoms with E-state index in [-0.39, 0.29) is 11.7 Å². The van der Waals surface area contributed by atoms with Crippen molar-refractivity contribution in [2.45, 2.75) is 0 Å². The molecule has 0 unspecified atom stereocenters. The van der Waals surface area contributed by atoms with Gasteiger partial charge in [-0.3, -0.25) is 4.79 Å². The Morgan fingerprint density at radius 3 is 2.34 bits per heavy atom. The average Bonchev–Trinajstić information content (AvgIpc) is 3.35. The number of carbonyl (C=O) groups is 1. The number of nitrogens with zero attached hydrogens (tertiary/aromatic N) is 4. The Morgan fingerprint density at radius 2 is 1.59 bits per heavy atom. The van der Waals surface area contributed by atoms with Gasteiger partial charge < -0.3 is 14.3 Å². The summed E-state index contributed by atoms with van der Waals surface area (Å²) in [5.41, 5.74) is 3.08. The number of hydrogen-bond donors (Lipinski definition) is 0. The predicted molar refractivity (Wildman–Crippen MR) is 120 cm³/mol. The van der Waals surface area contributed by atoms with E-state index in [1.54, 1.807) is 24.3 Å². The van der Waals surface area contributed by atoms with Crippen molar-refractivity contribution < 1.29 is 13.7 Å². The number of rotatable bonds is 4. The first-order chi connectivity index (χ1) is 15.7. The molecule has 0 saturated carbocycles. The van der Waals surface area contributed by atoms with Gasteiger partial charge in [0, 0.05) is 48.6 Å². The molecule has 0 aliphatic carbocycles. The maximum Gasteiger partial charge on any atom is 0.258 e. The fraction of sp³-hybridized carbons (Fsp3) is 0.160. The van der Waals surface area contributed by atoms with E-state index < -0.39 is 0 Å². The summed E-state index contributed by atoms with van der Waals surface area (Å²) in [5.74, 6) is 0.341. The summed E-state index contributed by atoms with van der Waals surface area (Å²) >= 11 is 0. The minimum Gasteiger partial charge on any atom is -0.368 e. The molecule has 1 amide bonds. The largest absolute Gasteiger partial charge is 0.368 e. The summed E-state index contributed by atoms with van der Waals surface area (Å²) in [4.78, 5) is 21.7. The van der Waals surface area contributed by atoms with Gasteiger partial charge in [-0.1, -0.05) is 29.4 Å². The second-order valence-electron chi connectivity index (χ2n) is 7.63. The maximum atomic E-state index is 13.2. The van der Waals surface area contributed by atoms with Gasteiger partial charge in [0.15, 0.2) is 0 Å². The number of aromatic nitrogens is 2. The van der Waals surface area contributed by atoms with Crippen molar-refractivity contribution in [3.63, 3.8) is 0 Å². The van der Waals surface area contributed by atoms with E-state index in [1.165, 1.54) is 17.8 Å². The molecule has 1 fully saturated rings. The molecule has 1 saturated heterocycles. The molecule has 0 spiro atoms. The molecular formula is C25H21FN4O2. The molecule has 1 aromatic heterocycles. The standard InChI is InChI=1S/C25H21FN4O2/c26-21-11-9-18(10-12-21)23-27-24(32-28-23)19-5-4-6-20(17-19)25(31)30-15-13-29(14-16-30)22-7-2-1-3-8-22/h1-12,17H,13-16H2. The van der Waals surface area contributed by atoms with Crippen LogP contribution in [0.3, 0.4) is 0 Å². The van der Waals surface area contributed by atoms with Crippen molar-refractivity contribution in [3.8, 4) is 22.8 Å². The number of anilines is 1. The van der Waals surface area contributed by atoms with E-state index in [9.17, 15) is 9.18 Å². The lowest BCUT2D eigenvalue weighted by Gasteiger charge is -2.36. The highest BCUT2D eigenvalue weighted by molar-refractivity contribution is 5.95. The van der Waals surface area contributed by atoms with Crippen LogP contribution in [-0.2, 0) is 0 Å². The van der Waals surface area contributed by atoms with Crippen LogP contribution in [0, 0.1) is 5.82 Å². The fourth-order valence-electron chi connectivity index (χ4n) is 3.83. The summed E-state index contributed by atoms with van der Waals surface area (Å²) in [7, 11) is 0. The zero-order chi connectivity index (χ0) is 21.9. The molecule has 2 heterocycles. The first-order valence-corrected chi connectivity index (χ1v) is 10.5. The highest BCUT2D eigenvalue weighted by Gasteiger charge is 2.23. The van der Waals surface area contributed by atoms with E-state index in [4.69, 9.17) is 4.52 Å². The first kappa shape index (κ1) is 19.9. The van der Waals surface area contributed by atoms with Crippen molar-refractivity contribution in [1.82, 2.24) is 15.0 Å². The van der Waals surface area contributed by atoms with E-state index in [2.05, 4.69) is 27.2 Å². The van der Waals surface area contributed by atoms with Gasteiger partial charge in [0.2, 0.25) is 5.82 Å². The number of halogens is 1. The Morgan fingerprint density at radius 1 is 0.844 bits per heavy atom. The Hall–Kier alpha value is -4.00. The summed E-state index contributed by atoms with van der Waals surface area (Å²) in [6, 6.07) is 23.3. The molecule has 1 aliphatic rings. The number of hydrogen-bond acceptors (Lipinski definition) is 5. The highest BCUT2D eigenvalue weighted by atomic mass is 19.1. The van der Waals surface area contributed by atoms with Crippen LogP contribution in [0.1, 0.15) is 10.4 Å². The summed E-state index contributed by atoms with van der Waals surface area (Å²) < 4.78 is 18.5. The SMILES string of the molecule is O=C(c1cccc(-c2nc(-c3ccc(F)cc3)no2)c1)N1CCN(c2ccccc2)CC1. The molecule has 3 aromatic carbocycles. The Balaban J connectivity index is 1.29. The van der Waals surface area contributed by atoms with Crippen LogP contribution >= 0.6 is 0 Å². The Bertz CT molecular complexity index is 1220. The average molecular weight is 428 g/mol.